The van der Waals surface area contributed by atoms with Crippen LogP contribution in [0.15, 0.2) is 0 Å². The van der Waals surface area contributed by atoms with Crippen LogP contribution in [-0.2, 0) is 4.79 Å². The third-order valence-electron chi connectivity index (χ3n) is 3.35. The zero-order chi connectivity index (χ0) is 10.1. The Bertz CT molecular complexity index is 203. The van der Waals surface area contributed by atoms with Gasteiger partial charge < -0.3 is 10.6 Å². The summed E-state index contributed by atoms with van der Waals surface area (Å²) in [6.45, 7) is 7.76. The summed E-state index contributed by atoms with van der Waals surface area (Å²) in [4.78, 5) is 13.5. The highest BCUT2D eigenvalue weighted by atomic mass is 16.2. The van der Waals surface area contributed by atoms with Crippen LogP contribution < -0.4 is 5.73 Å². The van der Waals surface area contributed by atoms with E-state index < -0.39 is 0 Å². The molecule has 0 spiro atoms. The van der Waals surface area contributed by atoms with Gasteiger partial charge in [-0.05, 0) is 19.3 Å². The lowest BCUT2D eigenvalue weighted by Crippen LogP contribution is -2.55. The number of carbonyl (C=O) groups excluding carboxylic acids is 1. The molecule has 1 rings (SSSR count). The maximum absolute atomic E-state index is 11.6. The van der Waals surface area contributed by atoms with Crippen molar-refractivity contribution in [1.29, 1.82) is 0 Å². The molecule has 2 N–H and O–H groups in total. The van der Waals surface area contributed by atoms with Crippen molar-refractivity contribution in [3.05, 3.63) is 0 Å². The average molecular weight is 184 g/mol. The molecule has 13 heavy (non-hydrogen) atoms. The predicted molar refractivity (Wildman–Crippen MR) is 53.2 cm³/mol. The van der Waals surface area contributed by atoms with E-state index in [0.29, 0.717) is 18.9 Å². The summed E-state index contributed by atoms with van der Waals surface area (Å²) >= 11 is 0. The van der Waals surface area contributed by atoms with E-state index in [1.807, 2.05) is 4.90 Å². The summed E-state index contributed by atoms with van der Waals surface area (Å²) in [5, 5.41) is 0. The van der Waals surface area contributed by atoms with Gasteiger partial charge in [-0.1, -0.05) is 13.8 Å². The number of hydrogen-bond donors (Lipinski definition) is 1. The SMILES string of the molecule is CC(C)C(C)(CN)N1CCCC1=O. The van der Waals surface area contributed by atoms with Crippen molar-refractivity contribution in [1.82, 2.24) is 4.90 Å². The van der Waals surface area contributed by atoms with Crippen LogP contribution in [-0.4, -0.2) is 29.4 Å². The van der Waals surface area contributed by atoms with Crippen molar-refractivity contribution in [3.8, 4) is 0 Å². The van der Waals surface area contributed by atoms with Gasteiger partial charge in [0.2, 0.25) is 5.91 Å². The first kappa shape index (κ1) is 10.5. The van der Waals surface area contributed by atoms with Gasteiger partial charge in [-0.3, -0.25) is 4.79 Å². The Morgan fingerprint density at radius 2 is 2.23 bits per heavy atom. The van der Waals surface area contributed by atoms with Crippen LogP contribution in [0.4, 0.5) is 0 Å². The molecule has 1 unspecified atom stereocenters. The first-order chi connectivity index (χ1) is 6.02. The molecule has 3 heteroatoms. The Balaban J connectivity index is 2.81. The average Bonchev–Trinajstić information content (AvgIpc) is 2.50. The van der Waals surface area contributed by atoms with Gasteiger partial charge in [-0.25, -0.2) is 0 Å². The van der Waals surface area contributed by atoms with E-state index in [1.165, 1.54) is 0 Å². The summed E-state index contributed by atoms with van der Waals surface area (Å²) in [5.74, 6) is 0.682. The number of nitrogens with zero attached hydrogens (tertiary/aromatic N) is 1. The second-order valence-corrected chi connectivity index (χ2v) is 4.36. The Morgan fingerprint density at radius 3 is 2.54 bits per heavy atom. The van der Waals surface area contributed by atoms with Crippen molar-refractivity contribution < 1.29 is 4.79 Å². The van der Waals surface area contributed by atoms with Gasteiger partial charge in [0.15, 0.2) is 0 Å². The molecule has 76 valence electrons. The van der Waals surface area contributed by atoms with E-state index in [1.54, 1.807) is 0 Å². The van der Waals surface area contributed by atoms with Gasteiger partial charge in [0.1, 0.15) is 0 Å². The first-order valence-electron chi connectivity index (χ1n) is 5.03. The maximum Gasteiger partial charge on any atom is 0.223 e. The molecule has 1 amide bonds. The zero-order valence-electron chi connectivity index (χ0n) is 8.84. The Labute approximate surface area is 80.3 Å². The maximum atomic E-state index is 11.6. The molecule has 1 aliphatic heterocycles. The highest BCUT2D eigenvalue weighted by molar-refractivity contribution is 5.79. The fraction of sp³-hybridized carbons (Fsp3) is 0.900. The highest BCUT2D eigenvalue weighted by Gasteiger charge is 2.38. The van der Waals surface area contributed by atoms with Crippen LogP contribution in [0.1, 0.15) is 33.6 Å². The first-order valence-corrected chi connectivity index (χ1v) is 5.03. The second-order valence-electron chi connectivity index (χ2n) is 4.36. The summed E-state index contributed by atoms with van der Waals surface area (Å²) in [5.41, 5.74) is 5.61. The molecule has 1 heterocycles. The third-order valence-corrected chi connectivity index (χ3v) is 3.35. The molecular formula is C10H20N2O. The summed E-state index contributed by atoms with van der Waals surface area (Å²) < 4.78 is 0. The molecule has 1 saturated heterocycles. The zero-order valence-corrected chi connectivity index (χ0v) is 8.84. The lowest BCUT2D eigenvalue weighted by atomic mass is 9.87. The molecule has 0 saturated carbocycles. The third kappa shape index (κ3) is 1.70. The smallest absolute Gasteiger partial charge is 0.223 e. The van der Waals surface area contributed by atoms with Crippen LogP contribution in [0.5, 0.6) is 0 Å². The van der Waals surface area contributed by atoms with E-state index in [-0.39, 0.29) is 11.4 Å². The van der Waals surface area contributed by atoms with E-state index in [2.05, 4.69) is 20.8 Å². The molecule has 0 radical (unpaired) electrons. The van der Waals surface area contributed by atoms with Crippen molar-refractivity contribution in [2.24, 2.45) is 11.7 Å². The van der Waals surface area contributed by atoms with Gasteiger partial charge in [-0.15, -0.1) is 0 Å². The van der Waals surface area contributed by atoms with E-state index in [9.17, 15) is 4.79 Å². The van der Waals surface area contributed by atoms with Gasteiger partial charge in [0.25, 0.3) is 0 Å². The molecule has 0 aromatic rings. The number of carbonyl (C=O) groups is 1. The van der Waals surface area contributed by atoms with Crippen LogP contribution in [0, 0.1) is 5.92 Å². The van der Waals surface area contributed by atoms with E-state index >= 15 is 0 Å². The Morgan fingerprint density at radius 1 is 1.62 bits per heavy atom. The largest absolute Gasteiger partial charge is 0.336 e. The monoisotopic (exact) mass is 184 g/mol. The Hall–Kier alpha value is -0.570. The minimum atomic E-state index is -0.145. The normalized spacial score (nSPS) is 22.5. The van der Waals surface area contributed by atoms with E-state index in [4.69, 9.17) is 5.73 Å². The topological polar surface area (TPSA) is 46.3 Å². The predicted octanol–water partition coefficient (Wildman–Crippen LogP) is 0.982. The number of likely N-dealkylation sites (tertiary alicyclic amines) is 1. The standard InChI is InChI=1S/C10H20N2O/c1-8(2)10(3,7-11)12-6-4-5-9(12)13/h8H,4-7,11H2,1-3H3. The molecule has 0 aromatic carbocycles. The minimum Gasteiger partial charge on any atom is -0.336 e. The van der Waals surface area contributed by atoms with Crippen molar-refractivity contribution in [2.75, 3.05) is 13.1 Å². The molecule has 1 aliphatic rings. The number of nitrogens with two attached hydrogens (primary N) is 1. The summed E-state index contributed by atoms with van der Waals surface area (Å²) in [7, 11) is 0. The van der Waals surface area contributed by atoms with Crippen LogP contribution in [0.25, 0.3) is 0 Å². The minimum absolute atomic E-state index is 0.145. The molecule has 3 nitrogen and oxygen atoms in total. The number of hydrogen-bond acceptors (Lipinski definition) is 2. The molecular weight excluding hydrogens is 164 g/mol. The van der Waals surface area contributed by atoms with Crippen LogP contribution in [0.2, 0.25) is 0 Å². The molecule has 0 aliphatic carbocycles. The fourth-order valence-electron chi connectivity index (χ4n) is 1.85. The lowest BCUT2D eigenvalue weighted by molar-refractivity contribution is -0.134. The van der Waals surface area contributed by atoms with Crippen molar-refractivity contribution >= 4 is 5.91 Å². The summed E-state index contributed by atoms with van der Waals surface area (Å²) in [6.07, 6.45) is 1.68. The van der Waals surface area contributed by atoms with Crippen LogP contribution >= 0.6 is 0 Å². The molecule has 1 atom stereocenters. The second kappa shape index (κ2) is 3.66. The van der Waals surface area contributed by atoms with Crippen LogP contribution in [0.3, 0.4) is 0 Å². The van der Waals surface area contributed by atoms with Crippen molar-refractivity contribution in [2.45, 2.75) is 39.2 Å². The van der Waals surface area contributed by atoms with Crippen molar-refractivity contribution in [3.63, 3.8) is 0 Å². The molecule has 0 bridgehead atoms. The summed E-state index contributed by atoms with van der Waals surface area (Å²) in [6, 6.07) is 0. The van der Waals surface area contributed by atoms with E-state index in [0.717, 1.165) is 13.0 Å². The number of rotatable bonds is 3. The highest BCUT2D eigenvalue weighted by Crippen LogP contribution is 2.28. The Kier molecular flexibility index (Phi) is 2.96. The van der Waals surface area contributed by atoms with Gasteiger partial charge in [0, 0.05) is 19.5 Å². The molecule has 1 fully saturated rings. The fourth-order valence-corrected chi connectivity index (χ4v) is 1.85. The van der Waals surface area contributed by atoms with Gasteiger partial charge in [-0.2, -0.15) is 0 Å². The lowest BCUT2D eigenvalue weighted by Gasteiger charge is -2.41. The molecule has 0 aromatic heterocycles. The van der Waals surface area contributed by atoms with Gasteiger partial charge in [0.05, 0.1) is 5.54 Å². The quantitative estimate of drug-likeness (QED) is 0.710. The number of amides is 1. The van der Waals surface area contributed by atoms with Gasteiger partial charge >= 0.3 is 0 Å².